The van der Waals surface area contributed by atoms with Crippen LogP contribution >= 0.6 is 0 Å². The maximum atomic E-state index is 13.0. The highest BCUT2D eigenvalue weighted by molar-refractivity contribution is 5.44. The Bertz CT molecular complexity index is 628. The fraction of sp³-hybridized carbons (Fsp3) is 0.0667. The van der Waals surface area contributed by atoms with Crippen LogP contribution in [0.5, 0.6) is 5.75 Å². The molecule has 2 rings (SSSR count). The van der Waals surface area contributed by atoms with E-state index in [4.69, 9.17) is 4.74 Å². The molecule has 0 aliphatic heterocycles. The summed E-state index contributed by atoms with van der Waals surface area (Å²) < 4.78 is 43.7. The first-order chi connectivity index (χ1) is 9.10. The van der Waals surface area contributed by atoms with Gasteiger partial charge in [0.25, 0.3) is 0 Å². The molecule has 0 aliphatic rings. The Kier molecular flexibility index (Phi) is 3.76. The maximum Gasteiger partial charge on any atom is 0.194 e. The SMILES string of the molecule is COc1ccc(C#Cc2cc(F)c(F)c(F)c2)cc1. The Labute approximate surface area is 108 Å². The number of benzene rings is 2. The quantitative estimate of drug-likeness (QED) is 0.564. The molecule has 0 radical (unpaired) electrons. The predicted molar refractivity (Wildman–Crippen MR) is 65.3 cm³/mol. The van der Waals surface area contributed by atoms with Crippen molar-refractivity contribution in [3.8, 4) is 17.6 Å². The predicted octanol–water partition coefficient (Wildman–Crippen LogP) is 3.51. The molecule has 0 aromatic heterocycles. The Morgan fingerprint density at radius 2 is 1.37 bits per heavy atom. The number of rotatable bonds is 1. The summed E-state index contributed by atoms with van der Waals surface area (Å²) in [4.78, 5) is 0. The van der Waals surface area contributed by atoms with Crippen LogP contribution in [0.1, 0.15) is 11.1 Å². The summed E-state index contributed by atoms with van der Waals surface area (Å²) in [5.41, 5.74) is 0.734. The number of hydrogen-bond acceptors (Lipinski definition) is 1. The van der Waals surface area contributed by atoms with Crippen molar-refractivity contribution in [3.05, 3.63) is 65.0 Å². The van der Waals surface area contributed by atoms with Crippen LogP contribution in [0.15, 0.2) is 36.4 Å². The molecule has 0 saturated carbocycles. The molecule has 96 valence electrons. The Morgan fingerprint density at radius 1 is 0.842 bits per heavy atom. The van der Waals surface area contributed by atoms with E-state index in [1.807, 2.05) is 0 Å². The van der Waals surface area contributed by atoms with E-state index >= 15 is 0 Å². The summed E-state index contributed by atoms with van der Waals surface area (Å²) in [6, 6.07) is 8.57. The van der Waals surface area contributed by atoms with Crippen LogP contribution in [0.2, 0.25) is 0 Å². The third-order valence-electron chi connectivity index (χ3n) is 2.43. The molecule has 0 atom stereocenters. The zero-order valence-corrected chi connectivity index (χ0v) is 10.0. The lowest BCUT2D eigenvalue weighted by Gasteiger charge is -1.98. The minimum atomic E-state index is -1.49. The number of halogens is 3. The molecular weight excluding hydrogens is 253 g/mol. The Morgan fingerprint density at radius 3 is 1.89 bits per heavy atom. The van der Waals surface area contributed by atoms with Crippen molar-refractivity contribution in [2.24, 2.45) is 0 Å². The minimum Gasteiger partial charge on any atom is -0.497 e. The molecule has 0 unspecified atom stereocenters. The molecule has 0 N–H and O–H groups in total. The van der Waals surface area contributed by atoms with Crippen LogP contribution in [0.25, 0.3) is 0 Å². The maximum absolute atomic E-state index is 13.0. The van der Waals surface area contributed by atoms with Crippen molar-refractivity contribution in [1.82, 2.24) is 0 Å². The lowest BCUT2D eigenvalue weighted by atomic mass is 10.1. The fourth-order valence-electron chi connectivity index (χ4n) is 1.45. The molecule has 0 fully saturated rings. The molecule has 19 heavy (non-hydrogen) atoms. The van der Waals surface area contributed by atoms with E-state index in [1.165, 1.54) is 0 Å². The molecule has 4 heteroatoms. The van der Waals surface area contributed by atoms with Gasteiger partial charge in [-0.25, -0.2) is 13.2 Å². The van der Waals surface area contributed by atoms with Gasteiger partial charge >= 0.3 is 0 Å². The highest BCUT2D eigenvalue weighted by Gasteiger charge is 2.08. The van der Waals surface area contributed by atoms with Gasteiger partial charge in [0.05, 0.1) is 7.11 Å². The molecule has 2 aromatic carbocycles. The summed E-state index contributed by atoms with van der Waals surface area (Å²) in [6.45, 7) is 0. The summed E-state index contributed by atoms with van der Waals surface area (Å²) >= 11 is 0. The molecule has 0 spiro atoms. The molecule has 0 bridgehead atoms. The van der Waals surface area contributed by atoms with E-state index in [0.29, 0.717) is 11.3 Å². The van der Waals surface area contributed by atoms with Gasteiger partial charge in [-0.15, -0.1) is 0 Å². The number of ether oxygens (including phenoxy) is 1. The van der Waals surface area contributed by atoms with E-state index < -0.39 is 17.5 Å². The highest BCUT2D eigenvalue weighted by atomic mass is 19.2. The third-order valence-corrected chi connectivity index (χ3v) is 2.43. The number of methoxy groups -OCH3 is 1. The van der Waals surface area contributed by atoms with Gasteiger partial charge < -0.3 is 4.74 Å². The van der Waals surface area contributed by atoms with E-state index in [-0.39, 0.29) is 5.56 Å². The first-order valence-corrected chi connectivity index (χ1v) is 5.41. The van der Waals surface area contributed by atoms with E-state index in [9.17, 15) is 13.2 Å². The Balaban J connectivity index is 2.28. The third kappa shape index (κ3) is 3.08. The van der Waals surface area contributed by atoms with Gasteiger partial charge in [0.1, 0.15) is 5.75 Å². The van der Waals surface area contributed by atoms with Crippen molar-refractivity contribution in [1.29, 1.82) is 0 Å². The van der Waals surface area contributed by atoms with E-state index in [0.717, 1.165) is 12.1 Å². The fourth-order valence-corrected chi connectivity index (χ4v) is 1.45. The van der Waals surface area contributed by atoms with Crippen LogP contribution in [0, 0.1) is 29.3 Å². The van der Waals surface area contributed by atoms with Gasteiger partial charge in [0.15, 0.2) is 17.5 Å². The average Bonchev–Trinajstić information content (AvgIpc) is 2.43. The summed E-state index contributed by atoms with van der Waals surface area (Å²) in [5.74, 6) is 1.99. The van der Waals surface area contributed by atoms with Gasteiger partial charge in [-0.1, -0.05) is 11.8 Å². The van der Waals surface area contributed by atoms with Crippen molar-refractivity contribution < 1.29 is 17.9 Å². The summed E-state index contributed by atoms with van der Waals surface area (Å²) in [7, 11) is 1.55. The van der Waals surface area contributed by atoms with Crippen molar-refractivity contribution >= 4 is 0 Å². The normalized spacial score (nSPS) is 9.68. The highest BCUT2D eigenvalue weighted by Crippen LogP contribution is 2.13. The average molecular weight is 262 g/mol. The van der Waals surface area contributed by atoms with Crippen LogP contribution in [-0.2, 0) is 0 Å². The largest absolute Gasteiger partial charge is 0.497 e. The van der Waals surface area contributed by atoms with Gasteiger partial charge in [-0.2, -0.15) is 0 Å². The lowest BCUT2D eigenvalue weighted by molar-refractivity contribution is 0.415. The molecular formula is C15H9F3O. The number of hydrogen-bond donors (Lipinski definition) is 0. The van der Waals surface area contributed by atoms with E-state index in [1.54, 1.807) is 31.4 Å². The van der Waals surface area contributed by atoms with Gasteiger partial charge in [0, 0.05) is 11.1 Å². The molecule has 1 nitrogen and oxygen atoms in total. The molecule has 0 heterocycles. The van der Waals surface area contributed by atoms with Crippen molar-refractivity contribution in [2.45, 2.75) is 0 Å². The standard InChI is InChI=1S/C15H9F3O/c1-19-12-6-4-10(5-7-12)2-3-11-8-13(16)15(18)14(17)9-11/h4-9H,1H3. The van der Waals surface area contributed by atoms with Gasteiger partial charge in [0.2, 0.25) is 0 Å². The molecule has 0 aliphatic carbocycles. The van der Waals surface area contributed by atoms with Crippen molar-refractivity contribution in [2.75, 3.05) is 7.11 Å². The van der Waals surface area contributed by atoms with Crippen LogP contribution in [0.4, 0.5) is 13.2 Å². The summed E-state index contributed by atoms with van der Waals surface area (Å²) in [5, 5.41) is 0. The minimum absolute atomic E-state index is 0.0761. The van der Waals surface area contributed by atoms with E-state index in [2.05, 4.69) is 11.8 Å². The van der Waals surface area contributed by atoms with Crippen LogP contribution in [-0.4, -0.2) is 7.11 Å². The smallest absolute Gasteiger partial charge is 0.194 e. The zero-order valence-electron chi connectivity index (χ0n) is 10.0. The molecule has 0 amide bonds. The van der Waals surface area contributed by atoms with Gasteiger partial charge in [-0.05, 0) is 36.4 Å². The lowest BCUT2D eigenvalue weighted by Crippen LogP contribution is -1.91. The molecule has 0 saturated heterocycles. The second-order valence-corrected chi connectivity index (χ2v) is 3.73. The zero-order chi connectivity index (χ0) is 13.8. The monoisotopic (exact) mass is 262 g/mol. The van der Waals surface area contributed by atoms with Crippen LogP contribution in [0.3, 0.4) is 0 Å². The first-order valence-electron chi connectivity index (χ1n) is 5.41. The second-order valence-electron chi connectivity index (χ2n) is 3.73. The van der Waals surface area contributed by atoms with Crippen molar-refractivity contribution in [3.63, 3.8) is 0 Å². The first kappa shape index (κ1) is 13.0. The Hall–Kier alpha value is -2.41. The van der Waals surface area contributed by atoms with Gasteiger partial charge in [-0.3, -0.25) is 0 Å². The second kappa shape index (κ2) is 5.49. The van der Waals surface area contributed by atoms with Crippen LogP contribution < -0.4 is 4.74 Å². The summed E-state index contributed by atoms with van der Waals surface area (Å²) in [6.07, 6.45) is 0. The molecule has 2 aromatic rings. The topological polar surface area (TPSA) is 9.23 Å².